The molecule has 0 aliphatic carbocycles. The predicted molar refractivity (Wildman–Crippen MR) is 70.3 cm³/mol. The number of aryl methyl sites for hydroxylation is 3. The second kappa shape index (κ2) is 4.98. The molecule has 0 aliphatic heterocycles. The molecule has 1 unspecified atom stereocenters. The van der Waals surface area contributed by atoms with Crippen molar-refractivity contribution < 1.29 is 0 Å². The van der Waals surface area contributed by atoms with Gasteiger partial charge in [0, 0.05) is 30.7 Å². The monoisotopic (exact) mass is 250 g/mol. The van der Waals surface area contributed by atoms with Crippen LogP contribution in [0.3, 0.4) is 0 Å². The van der Waals surface area contributed by atoms with E-state index in [1.54, 1.807) is 11.3 Å². The largest absolute Gasteiger partial charge is 0.337 e. The Kier molecular flexibility index (Phi) is 3.59. The molecule has 17 heavy (non-hydrogen) atoms. The molecule has 0 aliphatic rings. The van der Waals surface area contributed by atoms with Crippen LogP contribution in [0.2, 0.25) is 0 Å². The van der Waals surface area contributed by atoms with Crippen LogP contribution in [0, 0.1) is 13.8 Å². The lowest BCUT2D eigenvalue weighted by atomic mass is 10.2. The Morgan fingerprint density at radius 2 is 2.24 bits per heavy atom. The Morgan fingerprint density at radius 1 is 1.47 bits per heavy atom. The zero-order valence-corrected chi connectivity index (χ0v) is 11.5. The van der Waals surface area contributed by atoms with Crippen LogP contribution >= 0.6 is 11.3 Å². The fourth-order valence-corrected chi connectivity index (χ4v) is 2.82. The van der Waals surface area contributed by atoms with Gasteiger partial charge in [-0.15, -0.1) is 11.3 Å². The third kappa shape index (κ3) is 2.56. The highest BCUT2D eigenvalue weighted by atomic mass is 32.1. The summed E-state index contributed by atoms with van der Waals surface area (Å²) in [6.07, 6.45) is 4.69. The first-order valence-electron chi connectivity index (χ1n) is 5.69. The van der Waals surface area contributed by atoms with Gasteiger partial charge in [0.25, 0.3) is 0 Å². The van der Waals surface area contributed by atoms with Crippen LogP contribution in [0.25, 0.3) is 0 Å². The van der Waals surface area contributed by atoms with E-state index in [-0.39, 0.29) is 6.04 Å². The van der Waals surface area contributed by atoms with Gasteiger partial charge in [-0.1, -0.05) is 0 Å². The van der Waals surface area contributed by atoms with Gasteiger partial charge >= 0.3 is 0 Å². The zero-order valence-electron chi connectivity index (χ0n) is 10.7. The molecule has 4 nitrogen and oxygen atoms in total. The Bertz CT molecular complexity index is 481. The average Bonchev–Trinajstić information content (AvgIpc) is 2.83. The van der Waals surface area contributed by atoms with Gasteiger partial charge in [-0.05, 0) is 20.9 Å². The molecule has 0 saturated heterocycles. The van der Waals surface area contributed by atoms with Crippen LogP contribution in [0.1, 0.15) is 27.4 Å². The van der Waals surface area contributed by atoms with Gasteiger partial charge in [-0.3, -0.25) is 0 Å². The Labute approximate surface area is 106 Å². The standard InChI is InChI=1S/C12H18N4S/c1-8-9(2)17-11(15-8)7-10(13-3)12-14-5-6-16(12)4/h5-6,10,13H,7H2,1-4H3. The molecule has 0 radical (unpaired) electrons. The molecule has 5 heteroatoms. The summed E-state index contributed by atoms with van der Waals surface area (Å²) in [4.78, 5) is 10.3. The van der Waals surface area contributed by atoms with E-state index in [4.69, 9.17) is 0 Å². The van der Waals surface area contributed by atoms with Gasteiger partial charge in [-0.25, -0.2) is 9.97 Å². The minimum absolute atomic E-state index is 0.222. The first kappa shape index (κ1) is 12.3. The summed E-state index contributed by atoms with van der Waals surface area (Å²) in [7, 11) is 3.98. The van der Waals surface area contributed by atoms with Crippen molar-refractivity contribution in [1.82, 2.24) is 19.9 Å². The number of aromatic nitrogens is 3. The number of thiazole rings is 1. The molecule has 92 valence electrons. The van der Waals surface area contributed by atoms with E-state index >= 15 is 0 Å². The van der Waals surface area contributed by atoms with Crippen LogP contribution < -0.4 is 5.32 Å². The lowest BCUT2D eigenvalue weighted by molar-refractivity contribution is 0.537. The number of nitrogens with one attached hydrogen (secondary N) is 1. The molecule has 1 N–H and O–H groups in total. The fraction of sp³-hybridized carbons (Fsp3) is 0.500. The van der Waals surface area contributed by atoms with E-state index in [2.05, 4.69) is 33.7 Å². The summed E-state index contributed by atoms with van der Waals surface area (Å²) < 4.78 is 2.05. The first-order chi connectivity index (χ1) is 8.11. The van der Waals surface area contributed by atoms with Gasteiger partial charge in [0.05, 0.1) is 16.7 Å². The van der Waals surface area contributed by atoms with Gasteiger partial charge in [0.2, 0.25) is 0 Å². The SMILES string of the molecule is CNC(Cc1nc(C)c(C)s1)c1nccn1C. The minimum Gasteiger partial charge on any atom is -0.337 e. The van der Waals surface area contributed by atoms with E-state index in [1.807, 2.05) is 26.5 Å². The third-order valence-corrected chi connectivity index (χ3v) is 4.07. The fourth-order valence-electron chi connectivity index (χ4n) is 1.84. The van der Waals surface area contributed by atoms with Crippen LogP contribution in [-0.4, -0.2) is 21.6 Å². The topological polar surface area (TPSA) is 42.7 Å². The van der Waals surface area contributed by atoms with E-state index < -0.39 is 0 Å². The van der Waals surface area contributed by atoms with Crippen molar-refractivity contribution in [3.8, 4) is 0 Å². The summed E-state index contributed by atoms with van der Waals surface area (Å²) in [5.41, 5.74) is 1.14. The van der Waals surface area contributed by atoms with E-state index in [0.717, 1.165) is 17.9 Å². The second-order valence-electron chi connectivity index (χ2n) is 4.19. The number of rotatable bonds is 4. The minimum atomic E-state index is 0.222. The highest BCUT2D eigenvalue weighted by molar-refractivity contribution is 7.11. The lowest BCUT2D eigenvalue weighted by Crippen LogP contribution is -2.22. The van der Waals surface area contributed by atoms with Crippen LogP contribution in [-0.2, 0) is 13.5 Å². The van der Waals surface area contributed by atoms with Crippen molar-refractivity contribution in [2.24, 2.45) is 7.05 Å². The molecule has 0 spiro atoms. The molecule has 1 atom stereocenters. The van der Waals surface area contributed by atoms with E-state index in [9.17, 15) is 0 Å². The number of hydrogen-bond acceptors (Lipinski definition) is 4. The van der Waals surface area contributed by atoms with Crippen LogP contribution in [0.5, 0.6) is 0 Å². The summed E-state index contributed by atoms with van der Waals surface area (Å²) in [6, 6.07) is 0.222. The second-order valence-corrected chi connectivity index (χ2v) is 5.48. The van der Waals surface area contributed by atoms with Gasteiger partial charge in [0.15, 0.2) is 0 Å². The Balaban J connectivity index is 2.18. The lowest BCUT2D eigenvalue weighted by Gasteiger charge is -2.14. The Hall–Kier alpha value is -1.20. The highest BCUT2D eigenvalue weighted by Crippen LogP contribution is 2.22. The van der Waals surface area contributed by atoms with Crippen LogP contribution in [0.4, 0.5) is 0 Å². The van der Waals surface area contributed by atoms with E-state index in [0.29, 0.717) is 0 Å². The van der Waals surface area contributed by atoms with Gasteiger partial charge < -0.3 is 9.88 Å². The number of likely N-dealkylation sites (N-methyl/N-ethyl adjacent to an activating group) is 1. The van der Waals surface area contributed by atoms with Crippen molar-refractivity contribution in [3.05, 3.63) is 33.8 Å². The smallest absolute Gasteiger partial charge is 0.126 e. The van der Waals surface area contributed by atoms with Crippen LogP contribution in [0.15, 0.2) is 12.4 Å². The van der Waals surface area contributed by atoms with Gasteiger partial charge in [-0.2, -0.15) is 0 Å². The molecule has 2 aromatic heterocycles. The average molecular weight is 250 g/mol. The number of hydrogen-bond donors (Lipinski definition) is 1. The van der Waals surface area contributed by atoms with Crippen molar-refractivity contribution in [2.45, 2.75) is 26.3 Å². The molecule has 0 amide bonds. The third-order valence-electron chi connectivity index (χ3n) is 2.97. The van der Waals surface area contributed by atoms with Crippen molar-refractivity contribution in [2.75, 3.05) is 7.05 Å². The summed E-state index contributed by atoms with van der Waals surface area (Å²) in [5.74, 6) is 1.05. The highest BCUT2D eigenvalue weighted by Gasteiger charge is 2.16. The first-order valence-corrected chi connectivity index (χ1v) is 6.51. The summed E-state index contributed by atoms with van der Waals surface area (Å²) in [5, 5.41) is 4.47. The molecule has 2 aromatic rings. The van der Waals surface area contributed by atoms with Crippen molar-refractivity contribution in [1.29, 1.82) is 0 Å². The van der Waals surface area contributed by atoms with E-state index in [1.165, 1.54) is 9.88 Å². The predicted octanol–water partition coefficient (Wildman–Crippen LogP) is 2.00. The van der Waals surface area contributed by atoms with Gasteiger partial charge in [0.1, 0.15) is 5.82 Å². The molecular weight excluding hydrogens is 232 g/mol. The molecular formula is C12H18N4S. The Morgan fingerprint density at radius 3 is 2.71 bits per heavy atom. The maximum absolute atomic E-state index is 4.58. The molecule has 0 bridgehead atoms. The molecule has 2 heterocycles. The normalized spacial score (nSPS) is 12.9. The number of imidazole rings is 1. The maximum atomic E-state index is 4.58. The summed E-state index contributed by atoms with van der Waals surface area (Å²) >= 11 is 1.77. The van der Waals surface area contributed by atoms with Crippen molar-refractivity contribution in [3.63, 3.8) is 0 Å². The summed E-state index contributed by atoms with van der Waals surface area (Å²) in [6.45, 7) is 4.18. The molecule has 0 saturated carbocycles. The molecule has 0 aromatic carbocycles. The molecule has 2 rings (SSSR count). The zero-order chi connectivity index (χ0) is 12.4. The molecule has 0 fully saturated rings. The number of nitrogens with zero attached hydrogens (tertiary/aromatic N) is 3. The van der Waals surface area contributed by atoms with Crippen molar-refractivity contribution >= 4 is 11.3 Å². The quantitative estimate of drug-likeness (QED) is 0.902. The maximum Gasteiger partial charge on any atom is 0.126 e.